The van der Waals surface area contributed by atoms with Gasteiger partial charge in [0.1, 0.15) is 6.07 Å². The first-order valence-electron chi connectivity index (χ1n) is 3.62. The minimum absolute atomic E-state index is 0.389. The third kappa shape index (κ3) is 1.86. The molecule has 0 radical (unpaired) electrons. The lowest BCUT2D eigenvalue weighted by Gasteiger charge is -2.23. The van der Waals surface area contributed by atoms with E-state index in [9.17, 15) is 0 Å². The molecule has 70 valence electrons. The Kier molecular flexibility index (Phi) is 2.98. The lowest BCUT2D eigenvalue weighted by molar-refractivity contribution is -0.201. The molecule has 1 rings (SSSR count). The third-order valence-electron chi connectivity index (χ3n) is 1.79. The number of methoxy groups -OCH3 is 2. The zero-order chi connectivity index (χ0) is 9.90. The summed E-state index contributed by atoms with van der Waals surface area (Å²) in [6.07, 6.45) is 0. The summed E-state index contributed by atoms with van der Waals surface area (Å²) in [5.41, 5.74) is 0.389. The standard InChI is InChI=1S/C8H10N2O2S/c1-8(11-2,12-3)7-10-6(4-9)5-13-7/h5H,1-3H3. The van der Waals surface area contributed by atoms with Crippen LogP contribution in [0.15, 0.2) is 5.38 Å². The maximum Gasteiger partial charge on any atom is 0.218 e. The number of rotatable bonds is 3. The van der Waals surface area contributed by atoms with Gasteiger partial charge in [0.25, 0.3) is 0 Å². The molecule has 0 saturated carbocycles. The van der Waals surface area contributed by atoms with Crippen LogP contribution >= 0.6 is 11.3 Å². The SMILES string of the molecule is COC(C)(OC)c1nc(C#N)cs1. The highest BCUT2D eigenvalue weighted by Gasteiger charge is 2.29. The maximum atomic E-state index is 8.57. The van der Waals surface area contributed by atoms with Crippen LogP contribution in [0.25, 0.3) is 0 Å². The summed E-state index contributed by atoms with van der Waals surface area (Å²) < 4.78 is 10.3. The van der Waals surface area contributed by atoms with Crippen molar-refractivity contribution in [1.29, 1.82) is 5.26 Å². The van der Waals surface area contributed by atoms with Gasteiger partial charge in [0.2, 0.25) is 5.79 Å². The number of hydrogen-bond acceptors (Lipinski definition) is 5. The van der Waals surface area contributed by atoms with Gasteiger partial charge >= 0.3 is 0 Å². The van der Waals surface area contributed by atoms with Crippen molar-refractivity contribution >= 4 is 11.3 Å². The monoisotopic (exact) mass is 198 g/mol. The molecule has 0 bridgehead atoms. The summed E-state index contributed by atoms with van der Waals surface area (Å²) in [4.78, 5) is 4.05. The van der Waals surface area contributed by atoms with Crippen LogP contribution in [0, 0.1) is 11.3 Å². The van der Waals surface area contributed by atoms with Gasteiger partial charge in [-0.3, -0.25) is 0 Å². The Bertz CT molecular complexity index is 325. The van der Waals surface area contributed by atoms with Crippen LogP contribution in [-0.4, -0.2) is 19.2 Å². The number of hydrogen-bond donors (Lipinski definition) is 0. The van der Waals surface area contributed by atoms with Gasteiger partial charge in [-0.2, -0.15) is 5.26 Å². The maximum absolute atomic E-state index is 8.57. The molecule has 13 heavy (non-hydrogen) atoms. The minimum atomic E-state index is -0.847. The molecule has 4 nitrogen and oxygen atoms in total. The van der Waals surface area contributed by atoms with E-state index in [0.29, 0.717) is 10.7 Å². The van der Waals surface area contributed by atoms with Crippen molar-refractivity contribution in [3.05, 3.63) is 16.1 Å². The molecule has 5 heteroatoms. The Balaban J connectivity index is 3.00. The van der Waals surface area contributed by atoms with Gasteiger partial charge in [0.15, 0.2) is 10.7 Å². The molecule has 0 aliphatic heterocycles. The molecule has 0 aromatic carbocycles. The molecule has 1 aromatic heterocycles. The van der Waals surface area contributed by atoms with Crippen molar-refractivity contribution in [3.8, 4) is 6.07 Å². The third-order valence-corrected chi connectivity index (χ3v) is 2.81. The highest BCUT2D eigenvalue weighted by molar-refractivity contribution is 7.09. The number of thiazole rings is 1. The van der Waals surface area contributed by atoms with Gasteiger partial charge in [-0.15, -0.1) is 11.3 Å². The van der Waals surface area contributed by atoms with E-state index in [-0.39, 0.29) is 0 Å². The fourth-order valence-corrected chi connectivity index (χ4v) is 1.65. The van der Waals surface area contributed by atoms with Gasteiger partial charge in [0, 0.05) is 19.6 Å². The van der Waals surface area contributed by atoms with E-state index in [1.165, 1.54) is 25.6 Å². The number of nitriles is 1. The van der Waals surface area contributed by atoms with Gasteiger partial charge in [0.05, 0.1) is 0 Å². The molecule has 0 atom stereocenters. The topological polar surface area (TPSA) is 55.1 Å². The van der Waals surface area contributed by atoms with Crippen LogP contribution in [0.5, 0.6) is 0 Å². The van der Waals surface area contributed by atoms with E-state index in [4.69, 9.17) is 14.7 Å². The molecule has 0 spiro atoms. The van der Waals surface area contributed by atoms with Crippen LogP contribution < -0.4 is 0 Å². The second-order valence-electron chi connectivity index (χ2n) is 2.50. The van der Waals surface area contributed by atoms with E-state index in [1.54, 1.807) is 12.3 Å². The molecule has 0 fully saturated rings. The van der Waals surface area contributed by atoms with Crippen molar-refractivity contribution in [3.63, 3.8) is 0 Å². The smallest absolute Gasteiger partial charge is 0.218 e. The van der Waals surface area contributed by atoms with E-state index in [0.717, 1.165) is 0 Å². The first-order valence-corrected chi connectivity index (χ1v) is 4.50. The summed E-state index contributed by atoms with van der Waals surface area (Å²) in [6.45, 7) is 1.76. The lowest BCUT2D eigenvalue weighted by Crippen LogP contribution is -2.26. The molecule has 0 amide bonds. The van der Waals surface area contributed by atoms with Crippen LogP contribution in [-0.2, 0) is 15.3 Å². The Hall–Kier alpha value is -0.960. The molecule has 0 aliphatic carbocycles. The summed E-state index contributed by atoms with van der Waals surface area (Å²) in [6, 6.07) is 1.96. The van der Waals surface area contributed by atoms with E-state index >= 15 is 0 Å². The van der Waals surface area contributed by atoms with Gasteiger partial charge in [-0.05, 0) is 6.92 Å². The predicted molar refractivity (Wildman–Crippen MR) is 48.2 cm³/mol. The normalized spacial score (nSPS) is 11.2. The average molecular weight is 198 g/mol. The second kappa shape index (κ2) is 3.83. The Morgan fingerprint density at radius 3 is 2.54 bits per heavy atom. The zero-order valence-corrected chi connectivity index (χ0v) is 8.51. The quantitative estimate of drug-likeness (QED) is 0.690. The van der Waals surface area contributed by atoms with Crippen LogP contribution in [0.4, 0.5) is 0 Å². The van der Waals surface area contributed by atoms with Crippen LogP contribution in [0.3, 0.4) is 0 Å². The summed E-state index contributed by atoms with van der Waals surface area (Å²) >= 11 is 1.35. The molecular weight excluding hydrogens is 188 g/mol. The number of nitrogens with zero attached hydrogens (tertiary/aromatic N) is 2. The van der Waals surface area contributed by atoms with Crippen molar-refractivity contribution in [2.24, 2.45) is 0 Å². The molecule has 0 unspecified atom stereocenters. The average Bonchev–Trinajstić information content (AvgIpc) is 2.65. The van der Waals surface area contributed by atoms with Crippen molar-refractivity contribution in [1.82, 2.24) is 4.98 Å². The first-order chi connectivity index (χ1) is 6.16. The molecule has 0 aliphatic rings. The first kappa shape index (κ1) is 10.1. The van der Waals surface area contributed by atoms with E-state index in [2.05, 4.69) is 4.98 Å². The highest BCUT2D eigenvalue weighted by atomic mass is 32.1. The number of aromatic nitrogens is 1. The van der Waals surface area contributed by atoms with Crippen molar-refractivity contribution in [2.45, 2.75) is 12.7 Å². The molecule has 1 aromatic rings. The Morgan fingerprint density at radius 1 is 1.54 bits per heavy atom. The lowest BCUT2D eigenvalue weighted by atomic mass is 10.3. The van der Waals surface area contributed by atoms with Crippen LogP contribution in [0.2, 0.25) is 0 Å². The predicted octanol–water partition coefficient (Wildman–Crippen LogP) is 1.48. The minimum Gasteiger partial charge on any atom is -0.348 e. The van der Waals surface area contributed by atoms with Crippen molar-refractivity contribution < 1.29 is 9.47 Å². The molecular formula is C8H10N2O2S. The van der Waals surface area contributed by atoms with Gasteiger partial charge in [-0.1, -0.05) is 0 Å². The van der Waals surface area contributed by atoms with Crippen LogP contribution in [0.1, 0.15) is 17.6 Å². The number of ether oxygens (including phenoxy) is 2. The Morgan fingerprint density at radius 2 is 2.15 bits per heavy atom. The fourth-order valence-electron chi connectivity index (χ4n) is 0.792. The van der Waals surface area contributed by atoms with E-state index in [1.807, 2.05) is 6.07 Å². The molecule has 1 heterocycles. The zero-order valence-electron chi connectivity index (χ0n) is 7.70. The Labute approximate surface area is 80.7 Å². The summed E-state index contributed by atoms with van der Waals surface area (Å²) in [5, 5.41) is 10.9. The second-order valence-corrected chi connectivity index (χ2v) is 3.36. The highest BCUT2D eigenvalue weighted by Crippen LogP contribution is 2.27. The van der Waals surface area contributed by atoms with Gasteiger partial charge in [-0.25, -0.2) is 4.98 Å². The van der Waals surface area contributed by atoms with Crippen molar-refractivity contribution in [2.75, 3.05) is 14.2 Å². The van der Waals surface area contributed by atoms with E-state index < -0.39 is 5.79 Å². The summed E-state index contributed by atoms with van der Waals surface area (Å²) in [7, 11) is 3.08. The summed E-state index contributed by atoms with van der Waals surface area (Å²) in [5.74, 6) is -0.847. The van der Waals surface area contributed by atoms with Gasteiger partial charge < -0.3 is 9.47 Å². The molecule has 0 saturated heterocycles. The fraction of sp³-hybridized carbons (Fsp3) is 0.500. The molecule has 0 N–H and O–H groups in total. The largest absolute Gasteiger partial charge is 0.348 e.